The van der Waals surface area contributed by atoms with Crippen LogP contribution in [-0.2, 0) is 10.3 Å². The Balaban J connectivity index is 1.34. The maximum Gasteiger partial charge on any atom is 0.410 e. The molecule has 1 fully saturated rings. The number of aromatic nitrogens is 1. The van der Waals surface area contributed by atoms with Gasteiger partial charge in [0.2, 0.25) is 0 Å². The molecule has 5 rings (SSSR count). The molecule has 1 aliphatic carbocycles. The van der Waals surface area contributed by atoms with Gasteiger partial charge in [-0.15, -0.1) is 0 Å². The number of fused-ring (bicyclic) bond motifs is 1. The molecule has 0 saturated heterocycles. The quantitative estimate of drug-likeness (QED) is 0.495. The fourth-order valence-electron chi connectivity index (χ4n) is 4.87. The summed E-state index contributed by atoms with van der Waals surface area (Å²) in [5.41, 5.74) is 5.01. The van der Waals surface area contributed by atoms with E-state index in [2.05, 4.69) is 28.5 Å². The Morgan fingerprint density at radius 3 is 2.56 bits per heavy atom. The van der Waals surface area contributed by atoms with E-state index < -0.39 is 5.60 Å². The SMILES string of the molecule is Cc1ccc(C2=CCN(C(=O)OC(C)(C)C)CC2)cc1C(=O)NC1(c2ccnc3ccccc23)CC1. The van der Waals surface area contributed by atoms with Crippen molar-refractivity contribution in [2.24, 2.45) is 0 Å². The molecule has 6 nitrogen and oxygen atoms in total. The van der Waals surface area contributed by atoms with Gasteiger partial charge in [0.15, 0.2) is 0 Å². The molecule has 2 amide bonds. The van der Waals surface area contributed by atoms with Gasteiger partial charge in [0, 0.05) is 30.2 Å². The first-order valence-electron chi connectivity index (χ1n) is 12.6. The third kappa shape index (κ3) is 4.85. The van der Waals surface area contributed by atoms with E-state index in [-0.39, 0.29) is 17.5 Å². The van der Waals surface area contributed by atoms with Crippen LogP contribution in [0, 0.1) is 6.92 Å². The summed E-state index contributed by atoms with van der Waals surface area (Å²) in [5, 5.41) is 4.44. The molecule has 1 aliphatic heterocycles. The Bertz CT molecular complexity index is 1360. The minimum absolute atomic E-state index is 0.0560. The van der Waals surface area contributed by atoms with Crippen LogP contribution in [0.2, 0.25) is 0 Å². The molecule has 0 unspecified atom stereocenters. The zero-order chi connectivity index (χ0) is 25.5. The number of benzene rings is 2. The van der Waals surface area contributed by atoms with Crippen LogP contribution in [0.1, 0.15) is 67.1 Å². The molecule has 2 heterocycles. The molecular weight excluding hydrogens is 450 g/mol. The van der Waals surface area contributed by atoms with Crippen molar-refractivity contribution < 1.29 is 14.3 Å². The predicted molar refractivity (Wildman–Crippen MR) is 142 cm³/mol. The lowest BCUT2D eigenvalue weighted by molar-refractivity contribution is 0.0270. The first kappa shape index (κ1) is 24.0. The monoisotopic (exact) mass is 483 g/mol. The highest BCUT2D eigenvalue weighted by Gasteiger charge is 2.47. The summed E-state index contributed by atoms with van der Waals surface area (Å²) in [4.78, 5) is 32.1. The number of pyridine rings is 1. The number of ether oxygens (including phenoxy) is 1. The van der Waals surface area contributed by atoms with Gasteiger partial charge < -0.3 is 15.0 Å². The average Bonchev–Trinajstić information content (AvgIpc) is 3.63. The van der Waals surface area contributed by atoms with Crippen LogP contribution >= 0.6 is 0 Å². The third-order valence-electron chi connectivity index (χ3n) is 6.98. The smallest absolute Gasteiger partial charge is 0.410 e. The number of nitrogens with zero attached hydrogens (tertiary/aromatic N) is 2. The number of carbonyl (C=O) groups is 2. The Hall–Kier alpha value is -3.67. The van der Waals surface area contributed by atoms with Gasteiger partial charge in [0.25, 0.3) is 5.91 Å². The predicted octanol–water partition coefficient (Wildman–Crippen LogP) is 5.99. The van der Waals surface area contributed by atoms with E-state index in [0.29, 0.717) is 18.7 Å². The molecular formula is C30H33N3O3. The summed E-state index contributed by atoms with van der Waals surface area (Å²) < 4.78 is 5.50. The second-order valence-corrected chi connectivity index (χ2v) is 10.8. The summed E-state index contributed by atoms with van der Waals surface area (Å²) in [6, 6.07) is 16.2. The lowest BCUT2D eigenvalue weighted by Crippen LogP contribution is -2.39. The van der Waals surface area contributed by atoms with Gasteiger partial charge in [-0.05, 0) is 87.4 Å². The topological polar surface area (TPSA) is 71.5 Å². The molecule has 186 valence electrons. The molecule has 3 aromatic rings. The van der Waals surface area contributed by atoms with Gasteiger partial charge in [-0.2, -0.15) is 0 Å². The van der Waals surface area contributed by atoms with Crippen molar-refractivity contribution >= 4 is 28.5 Å². The zero-order valence-electron chi connectivity index (χ0n) is 21.4. The Labute approximate surface area is 212 Å². The largest absolute Gasteiger partial charge is 0.444 e. The van der Waals surface area contributed by atoms with Crippen LogP contribution in [0.25, 0.3) is 16.5 Å². The van der Waals surface area contributed by atoms with Crippen LogP contribution in [0.5, 0.6) is 0 Å². The summed E-state index contributed by atoms with van der Waals surface area (Å²) in [7, 11) is 0. The lowest BCUT2D eigenvalue weighted by Gasteiger charge is -2.29. The average molecular weight is 484 g/mol. The molecule has 1 saturated carbocycles. The highest BCUT2D eigenvalue weighted by molar-refractivity contribution is 5.98. The zero-order valence-corrected chi connectivity index (χ0v) is 21.4. The normalized spacial score (nSPS) is 16.9. The Kier molecular flexibility index (Phi) is 6.07. The van der Waals surface area contributed by atoms with E-state index in [1.807, 2.05) is 70.3 Å². The summed E-state index contributed by atoms with van der Waals surface area (Å²) in [5.74, 6) is -0.0560. The highest BCUT2D eigenvalue weighted by Crippen LogP contribution is 2.48. The first-order valence-corrected chi connectivity index (χ1v) is 12.6. The first-order chi connectivity index (χ1) is 17.2. The number of aryl methyl sites for hydroxylation is 1. The second-order valence-electron chi connectivity index (χ2n) is 10.8. The van der Waals surface area contributed by atoms with Crippen LogP contribution in [-0.4, -0.2) is 40.6 Å². The van der Waals surface area contributed by atoms with E-state index in [9.17, 15) is 9.59 Å². The number of hydrogen-bond acceptors (Lipinski definition) is 4. The standard InChI is InChI=1S/C30H33N3O3/c1-20-9-10-22(21-12-17-33(18-13-21)28(35)36-29(2,3)4)19-24(20)27(34)32-30(14-15-30)25-11-16-31-26-8-6-5-7-23(25)26/h5-12,16,19H,13-15,17-18H2,1-4H3,(H,32,34). The number of para-hydroxylation sites is 1. The van der Waals surface area contributed by atoms with Crippen molar-refractivity contribution in [2.45, 2.75) is 58.1 Å². The van der Waals surface area contributed by atoms with Crippen molar-refractivity contribution in [1.82, 2.24) is 15.2 Å². The van der Waals surface area contributed by atoms with Gasteiger partial charge in [-0.25, -0.2) is 4.79 Å². The molecule has 2 aliphatic rings. The Morgan fingerprint density at radius 2 is 1.86 bits per heavy atom. The van der Waals surface area contributed by atoms with Crippen LogP contribution in [0.4, 0.5) is 4.79 Å². The number of carbonyl (C=O) groups excluding carboxylic acids is 2. The molecule has 2 aromatic carbocycles. The van der Waals surface area contributed by atoms with Crippen molar-refractivity contribution in [1.29, 1.82) is 0 Å². The molecule has 0 radical (unpaired) electrons. The molecule has 0 spiro atoms. The van der Waals surface area contributed by atoms with E-state index in [1.165, 1.54) is 0 Å². The lowest BCUT2D eigenvalue weighted by atomic mass is 9.94. The van der Waals surface area contributed by atoms with Gasteiger partial charge in [0.1, 0.15) is 5.60 Å². The second kappa shape index (κ2) is 9.08. The Morgan fingerprint density at radius 1 is 1.08 bits per heavy atom. The molecule has 1 N–H and O–H groups in total. The maximum atomic E-state index is 13.5. The summed E-state index contributed by atoms with van der Waals surface area (Å²) in [6.07, 6.45) is 6.14. The summed E-state index contributed by atoms with van der Waals surface area (Å²) in [6.45, 7) is 8.68. The fraction of sp³-hybridized carbons (Fsp3) is 0.367. The van der Waals surface area contributed by atoms with Gasteiger partial charge in [0.05, 0.1) is 11.1 Å². The summed E-state index contributed by atoms with van der Waals surface area (Å²) >= 11 is 0. The van der Waals surface area contributed by atoms with Crippen molar-refractivity contribution in [2.75, 3.05) is 13.1 Å². The molecule has 0 atom stereocenters. The molecule has 0 bridgehead atoms. The highest BCUT2D eigenvalue weighted by atomic mass is 16.6. The number of hydrogen-bond donors (Lipinski definition) is 1. The molecule has 6 heteroatoms. The van der Waals surface area contributed by atoms with Gasteiger partial charge in [-0.1, -0.05) is 36.4 Å². The third-order valence-corrected chi connectivity index (χ3v) is 6.98. The van der Waals surface area contributed by atoms with E-state index >= 15 is 0 Å². The van der Waals surface area contributed by atoms with Gasteiger partial charge in [-0.3, -0.25) is 9.78 Å². The number of amides is 2. The van der Waals surface area contributed by atoms with E-state index in [4.69, 9.17) is 4.74 Å². The fourth-order valence-corrected chi connectivity index (χ4v) is 4.87. The minimum Gasteiger partial charge on any atom is -0.444 e. The number of rotatable bonds is 4. The maximum absolute atomic E-state index is 13.5. The van der Waals surface area contributed by atoms with Crippen LogP contribution in [0.3, 0.4) is 0 Å². The van der Waals surface area contributed by atoms with Crippen LogP contribution in [0.15, 0.2) is 60.8 Å². The van der Waals surface area contributed by atoms with Crippen molar-refractivity contribution in [3.63, 3.8) is 0 Å². The van der Waals surface area contributed by atoms with Crippen molar-refractivity contribution in [3.8, 4) is 0 Å². The molecule has 36 heavy (non-hydrogen) atoms. The van der Waals surface area contributed by atoms with Gasteiger partial charge >= 0.3 is 6.09 Å². The number of nitrogens with one attached hydrogen (secondary N) is 1. The minimum atomic E-state index is -0.512. The molecule has 1 aromatic heterocycles. The van der Waals surface area contributed by atoms with Crippen molar-refractivity contribution in [3.05, 3.63) is 83.1 Å². The van der Waals surface area contributed by atoms with Crippen LogP contribution < -0.4 is 5.32 Å². The van der Waals surface area contributed by atoms with E-state index in [1.54, 1.807) is 4.90 Å². The van der Waals surface area contributed by atoms with E-state index in [0.717, 1.165) is 52.4 Å².